The van der Waals surface area contributed by atoms with Crippen molar-refractivity contribution < 1.29 is 9.59 Å². The van der Waals surface area contributed by atoms with Crippen molar-refractivity contribution in [2.75, 3.05) is 7.05 Å². The summed E-state index contributed by atoms with van der Waals surface area (Å²) in [5.74, 6) is -0.651. The number of carbonyl (C=O) groups excluding carboxylic acids is 2. The number of rotatable bonds is 5. The van der Waals surface area contributed by atoms with Crippen LogP contribution in [0.15, 0.2) is 36.0 Å². The van der Waals surface area contributed by atoms with Crippen molar-refractivity contribution in [2.45, 2.75) is 39.7 Å². The number of nitrogens with one attached hydrogen (secondary N) is 1. The molecule has 5 rings (SSSR count). The van der Waals surface area contributed by atoms with E-state index in [0.717, 1.165) is 11.3 Å². The van der Waals surface area contributed by atoms with Crippen LogP contribution in [0.25, 0.3) is 21.5 Å². The Labute approximate surface area is 190 Å². The van der Waals surface area contributed by atoms with E-state index in [1.165, 1.54) is 15.0 Å². The van der Waals surface area contributed by atoms with Gasteiger partial charge in [-0.2, -0.15) is 5.10 Å². The third kappa shape index (κ3) is 3.17. The first-order valence-electron chi connectivity index (χ1n) is 10.7. The van der Waals surface area contributed by atoms with Gasteiger partial charge < -0.3 is 4.98 Å². The molecule has 4 heterocycles. The number of hydrogen-bond acceptors (Lipinski definition) is 5. The number of amides is 2. The summed E-state index contributed by atoms with van der Waals surface area (Å²) in [6.45, 7) is 6.59. The standard InChI is InChI=1S/C24H25N5O2S/c1-13(2)9-17-21-19(24(31)28(4)23(17)30)22(20-14(3)25-12-26-20)29(27-21)10-15-11-32-18-8-6-5-7-16(15)18/h5-8,11-13,17H,9-10H2,1-4H3,(H,25,26). The molecule has 0 spiro atoms. The first-order valence-corrected chi connectivity index (χ1v) is 11.6. The van der Waals surface area contributed by atoms with Gasteiger partial charge in [0, 0.05) is 17.4 Å². The first kappa shape index (κ1) is 20.6. The van der Waals surface area contributed by atoms with Gasteiger partial charge in [-0.3, -0.25) is 19.2 Å². The number of aromatic amines is 1. The van der Waals surface area contributed by atoms with E-state index in [-0.39, 0.29) is 11.8 Å². The van der Waals surface area contributed by atoms with Crippen LogP contribution in [0.1, 0.15) is 53.5 Å². The van der Waals surface area contributed by atoms with E-state index < -0.39 is 5.92 Å². The zero-order valence-electron chi connectivity index (χ0n) is 18.5. The third-order valence-electron chi connectivity index (χ3n) is 6.10. The van der Waals surface area contributed by atoms with Crippen molar-refractivity contribution in [2.24, 2.45) is 5.92 Å². The van der Waals surface area contributed by atoms with Crippen molar-refractivity contribution in [1.29, 1.82) is 0 Å². The van der Waals surface area contributed by atoms with Crippen LogP contribution in [0.2, 0.25) is 0 Å². The first-order chi connectivity index (χ1) is 15.4. The van der Waals surface area contributed by atoms with Crippen LogP contribution in [0, 0.1) is 12.8 Å². The summed E-state index contributed by atoms with van der Waals surface area (Å²) >= 11 is 1.69. The van der Waals surface area contributed by atoms with Crippen molar-refractivity contribution in [3.05, 3.63) is 58.5 Å². The predicted molar refractivity (Wildman–Crippen MR) is 125 cm³/mol. The molecule has 1 N–H and O–H groups in total. The van der Waals surface area contributed by atoms with Gasteiger partial charge in [0.1, 0.15) is 11.4 Å². The van der Waals surface area contributed by atoms with Crippen molar-refractivity contribution >= 4 is 33.2 Å². The third-order valence-corrected chi connectivity index (χ3v) is 7.11. The van der Waals surface area contributed by atoms with Crippen molar-refractivity contribution in [3.8, 4) is 11.4 Å². The highest BCUT2D eigenvalue weighted by Crippen LogP contribution is 2.39. The topological polar surface area (TPSA) is 83.9 Å². The summed E-state index contributed by atoms with van der Waals surface area (Å²) in [4.78, 5) is 35.2. The number of likely N-dealkylation sites (N-methyl/N-ethyl adjacent to an activating group) is 1. The lowest BCUT2D eigenvalue weighted by Gasteiger charge is -2.28. The summed E-state index contributed by atoms with van der Waals surface area (Å²) < 4.78 is 3.07. The molecule has 0 bridgehead atoms. The molecule has 4 aromatic rings. The van der Waals surface area contributed by atoms with E-state index in [9.17, 15) is 9.59 Å². The number of aromatic nitrogens is 4. The lowest BCUT2D eigenvalue weighted by molar-refractivity contribution is -0.130. The number of hydrogen-bond donors (Lipinski definition) is 1. The second-order valence-electron chi connectivity index (χ2n) is 8.78. The SMILES string of the molecule is Cc1[nH]cnc1-c1c2c(nn1Cc1csc3ccccc13)C(CC(C)C)C(=O)N(C)C2=O. The highest BCUT2D eigenvalue weighted by atomic mass is 32.1. The maximum atomic E-state index is 13.3. The molecule has 0 fully saturated rings. The molecule has 3 aromatic heterocycles. The molecule has 0 radical (unpaired) electrons. The smallest absolute Gasteiger partial charge is 0.264 e. The average molecular weight is 448 g/mol. The number of aryl methyl sites for hydroxylation is 1. The lowest BCUT2D eigenvalue weighted by Crippen LogP contribution is -2.42. The number of imide groups is 1. The molecule has 8 heteroatoms. The summed E-state index contributed by atoms with van der Waals surface area (Å²) in [6, 6.07) is 8.27. The number of imidazole rings is 1. The second kappa shape index (κ2) is 7.70. The number of H-pyrrole nitrogens is 1. The highest BCUT2D eigenvalue weighted by Gasteiger charge is 2.42. The molecule has 0 aliphatic carbocycles. The fourth-order valence-electron chi connectivity index (χ4n) is 4.51. The zero-order chi connectivity index (χ0) is 22.6. The van der Waals surface area contributed by atoms with E-state index in [4.69, 9.17) is 5.10 Å². The largest absolute Gasteiger partial charge is 0.348 e. The van der Waals surface area contributed by atoms with Gasteiger partial charge in [0.15, 0.2) is 0 Å². The van der Waals surface area contributed by atoms with Crippen molar-refractivity contribution in [1.82, 2.24) is 24.6 Å². The Morgan fingerprint density at radius 1 is 1.22 bits per heavy atom. The minimum atomic E-state index is -0.439. The predicted octanol–water partition coefficient (Wildman–Crippen LogP) is 4.59. The molecule has 0 saturated carbocycles. The van der Waals surface area contributed by atoms with Crippen LogP contribution >= 0.6 is 11.3 Å². The molecule has 2 amide bonds. The van der Waals surface area contributed by atoms with Gasteiger partial charge in [0.25, 0.3) is 5.91 Å². The highest BCUT2D eigenvalue weighted by molar-refractivity contribution is 7.17. The Kier molecular flexibility index (Phi) is 4.97. The molecule has 1 aliphatic rings. The van der Waals surface area contributed by atoms with Gasteiger partial charge in [0.05, 0.1) is 30.0 Å². The van der Waals surface area contributed by atoms with Crippen LogP contribution in [0.3, 0.4) is 0 Å². The second-order valence-corrected chi connectivity index (χ2v) is 9.70. The molecule has 1 unspecified atom stereocenters. The van der Waals surface area contributed by atoms with E-state index in [1.54, 1.807) is 24.7 Å². The normalized spacial score (nSPS) is 16.4. The molecular formula is C24H25N5O2S. The molecule has 1 aromatic carbocycles. The van der Waals surface area contributed by atoms with Crippen LogP contribution in [-0.4, -0.2) is 43.5 Å². The number of fused-ring (bicyclic) bond motifs is 2. The van der Waals surface area contributed by atoms with Gasteiger partial charge in [-0.25, -0.2) is 4.98 Å². The van der Waals surface area contributed by atoms with Gasteiger partial charge in [-0.1, -0.05) is 32.0 Å². The molecule has 32 heavy (non-hydrogen) atoms. The molecule has 1 atom stereocenters. The van der Waals surface area contributed by atoms with E-state index >= 15 is 0 Å². The van der Waals surface area contributed by atoms with E-state index in [2.05, 4.69) is 41.3 Å². The Bertz CT molecular complexity index is 1350. The number of benzene rings is 1. The van der Waals surface area contributed by atoms with Gasteiger partial charge in [0.2, 0.25) is 5.91 Å². The quantitative estimate of drug-likeness (QED) is 0.454. The molecule has 7 nitrogen and oxygen atoms in total. The van der Waals surface area contributed by atoms with Crippen molar-refractivity contribution in [3.63, 3.8) is 0 Å². The minimum absolute atomic E-state index is 0.188. The number of carbonyl (C=O) groups is 2. The molecule has 0 saturated heterocycles. The van der Waals surface area contributed by atoms with Crippen LogP contribution in [0.5, 0.6) is 0 Å². The lowest BCUT2D eigenvalue weighted by atomic mass is 9.86. The minimum Gasteiger partial charge on any atom is -0.348 e. The monoisotopic (exact) mass is 447 g/mol. The fraction of sp³-hybridized carbons (Fsp3) is 0.333. The summed E-state index contributed by atoms with van der Waals surface area (Å²) in [6.07, 6.45) is 2.27. The summed E-state index contributed by atoms with van der Waals surface area (Å²) in [5, 5.41) is 8.21. The number of thiophene rings is 1. The summed E-state index contributed by atoms with van der Waals surface area (Å²) in [7, 11) is 1.56. The number of nitrogens with zero attached hydrogens (tertiary/aromatic N) is 4. The Morgan fingerprint density at radius 3 is 2.72 bits per heavy atom. The average Bonchev–Trinajstić information content (AvgIpc) is 3.47. The fourth-order valence-corrected chi connectivity index (χ4v) is 5.46. The zero-order valence-corrected chi connectivity index (χ0v) is 19.4. The van der Waals surface area contributed by atoms with E-state index in [1.807, 2.05) is 23.7 Å². The Balaban J connectivity index is 1.73. The van der Waals surface area contributed by atoms with Crippen LogP contribution in [0.4, 0.5) is 0 Å². The Hall–Kier alpha value is -3.26. The summed E-state index contributed by atoms with van der Waals surface area (Å²) in [5.41, 5.74) is 4.42. The van der Waals surface area contributed by atoms with Gasteiger partial charge >= 0.3 is 0 Å². The van der Waals surface area contributed by atoms with E-state index in [0.29, 0.717) is 41.5 Å². The Morgan fingerprint density at radius 2 is 2.00 bits per heavy atom. The molecular weight excluding hydrogens is 422 g/mol. The van der Waals surface area contributed by atoms with Crippen LogP contribution in [-0.2, 0) is 11.3 Å². The van der Waals surface area contributed by atoms with Gasteiger partial charge in [-0.15, -0.1) is 11.3 Å². The maximum absolute atomic E-state index is 13.3. The molecule has 164 valence electrons. The molecule has 1 aliphatic heterocycles. The maximum Gasteiger partial charge on any atom is 0.264 e. The van der Waals surface area contributed by atoms with Gasteiger partial charge in [-0.05, 0) is 41.7 Å². The van der Waals surface area contributed by atoms with Crippen LogP contribution < -0.4 is 0 Å².